The Labute approximate surface area is 119 Å². The second-order valence-electron chi connectivity index (χ2n) is 5.05. The molecule has 0 saturated carbocycles. The van der Waals surface area contributed by atoms with Crippen LogP contribution in [0.1, 0.15) is 38.9 Å². The lowest BCUT2D eigenvalue weighted by atomic mass is 10.0. The van der Waals surface area contributed by atoms with E-state index >= 15 is 0 Å². The number of ether oxygens (including phenoxy) is 1. The normalized spacial score (nSPS) is 15.9. The van der Waals surface area contributed by atoms with E-state index in [9.17, 15) is 13.9 Å². The summed E-state index contributed by atoms with van der Waals surface area (Å²) in [6, 6.07) is 6.37. The van der Waals surface area contributed by atoms with E-state index in [-0.39, 0.29) is 5.75 Å². The lowest BCUT2D eigenvalue weighted by molar-refractivity contribution is -0.0498. The first kappa shape index (κ1) is 16.9. The number of benzene rings is 1. The standard InChI is InChI=1S/C15H23F2NO2/c1-4-10(2)11(3)18-9-14(19)12-5-7-13(8-6-12)20-15(16)17/h5-8,10-11,14-15,18-19H,4,9H2,1-3H3. The molecule has 3 nitrogen and oxygen atoms in total. The molecule has 0 radical (unpaired) electrons. The third-order valence-electron chi connectivity index (χ3n) is 3.62. The molecular weight excluding hydrogens is 264 g/mol. The van der Waals surface area contributed by atoms with Crippen molar-refractivity contribution in [2.45, 2.75) is 45.9 Å². The molecule has 0 aromatic heterocycles. The molecule has 20 heavy (non-hydrogen) atoms. The topological polar surface area (TPSA) is 41.5 Å². The molecule has 2 N–H and O–H groups in total. The average Bonchev–Trinajstić information content (AvgIpc) is 2.43. The van der Waals surface area contributed by atoms with Gasteiger partial charge in [0.1, 0.15) is 5.75 Å². The molecular formula is C15H23F2NO2. The minimum absolute atomic E-state index is 0.0943. The lowest BCUT2D eigenvalue weighted by Crippen LogP contribution is -2.34. The number of hydrogen-bond donors (Lipinski definition) is 2. The Balaban J connectivity index is 2.49. The number of aliphatic hydroxyl groups is 1. The molecule has 0 saturated heterocycles. The zero-order valence-electron chi connectivity index (χ0n) is 12.1. The molecule has 0 aliphatic rings. The zero-order chi connectivity index (χ0) is 15.1. The van der Waals surface area contributed by atoms with Crippen molar-refractivity contribution in [1.29, 1.82) is 0 Å². The largest absolute Gasteiger partial charge is 0.435 e. The number of hydrogen-bond acceptors (Lipinski definition) is 3. The fourth-order valence-corrected chi connectivity index (χ4v) is 1.84. The van der Waals surface area contributed by atoms with E-state index < -0.39 is 12.7 Å². The van der Waals surface area contributed by atoms with Crippen LogP contribution in [0.3, 0.4) is 0 Å². The summed E-state index contributed by atoms with van der Waals surface area (Å²) < 4.78 is 28.3. The van der Waals surface area contributed by atoms with Crippen LogP contribution in [0.4, 0.5) is 8.78 Å². The Kier molecular flexibility index (Phi) is 6.88. The summed E-state index contributed by atoms with van der Waals surface area (Å²) in [6.45, 7) is 3.96. The highest BCUT2D eigenvalue weighted by Gasteiger charge is 2.13. The molecule has 0 bridgehead atoms. The molecule has 0 spiro atoms. The van der Waals surface area contributed by atoms with E-state index in [2.05, 4.69) is 30.8 Å². The monoisotopic (exact) mass is 287 g/mol. The van der Waals surface area contributed by atoms with Gasteiger partial charge in [-0.3, -0.25) is 0 Å². The van der Waals surface area contributed by atoms with Gasteiger partial charge in [-0.1, -0.05) is 32.4 Å². The molecule has 3 unspecified atom stereocenters. The highest BCUT2D eigenvalue weighted by molar-refractivity contribution is 5.28. The predicted molar refractivity (Wildman–Crippen MR) is 75.0 cm³/mol. The van der Waals surface area contributed by atoms with Crippen molar-refractivity contribution in [2.24, 2.45) is 5.92 Å². The van der Waals surface area contributed by atoms with Crippen LogP contribution in [-0.2, 0) is 0 Å². The molecule has 0 aliphatic heterocycles. The Bertz CT molecular complexity index is 384. The highest BCUT2D eigenvalue weighted by atomic mass is 19.3. The van der Waals surface area contributed by atoms with Crippen molar-refractivity contribution in [3.63, 3.8) is 0 Å². The predicted octanol–water partition coefficient (Wildman–Crippen LogP) is 3.35. The van der Waals surface area contributed by atoms with Gasteiger partial charge in [-0.2, -0.15) is 8.78 Å². The first-order valence-electron chi connectivity index (χ1n) is 6.90. The van der Waals surface area contributed by atoms with Gasteiger partial charge >= 0.3 is 6.61 Å². The third kappa shape index (κ3) is 5.43. The minimum Gasteiger partial charge on any atom is -0.435 e. The second kappa shape index (κ2) is 8.17. The Morgan fingerprint density at radius 2 is 1.80 bits per heavy atom. The smallest absolute Gasteiger partial charge is 0.387 e. The maximum atomic E-state index is 12.0. The molecule has 0 aliphatic carbocycles. The van der Waals surface area contributed by atoms with E-state index in [1.54, 1.807) is 12.1 Å². The van der Waals surface area contributed by atoms with Crippen LogP contribution in [0, 0.1) is 5.92 Å². The number of halogens is 2. The lowest BCUT2D eigenvalue weighted by Gasteiger charge is -2.22. The van der Waals surface area contributed by atoms with E-state index in [4.69, 9.17) is 0 Å². The average molecular weight is 287 g/mol. The summed E-state index contributed by atoms with van der Waals surface area (Å²) >= 11 is 0. The van der Waals surface area contributed by atoms with E-state index in [1.807, 2.05) is 0 Å². The maximum Gasteiger partial charge on any atom is 0.387 e. The summed E-state index contributed by atoms with van der Waals surface area (Å²) in [6.07, 6.45) is 0.409. The summed E-state index contributed by atoms with van der Waals surface area (Å²) in [7, 11) is 0. The van der Waals surface area contributed by atoms with Crippen LogP contribution in [0.2, 0.25) is 0 Å². The molecule has 1 aromatic rings. The molecule has 3 atom stereocenters. The van der Waals surface area contributed by atoms with Crippen LogP contribution in [0.15, 0.2) is 24.3 Å². The highest BCUT2D eigenvalue weighted by Crippen LogP contribution is 2.19. The summed E-state index contributed by atoms with van der Waals surface area (Å²) in [4.78, 5) is 0. The van der Waals surface area contributed by atoms with E-state index in [0.717, 1.165) is 6.42 Å². The molecule has 1 rings (SSSR count). The second-order valence-corrected chi connectivity index (χ2v) is 5.05. The fourth-order valence-electron chi connectivity index (χ4n) is 1.84. The van der Waals surface area contributed by atoms with E-state index in [1.165, 1.54) is 12.1 Å². The Morgan fingerprint density at radius 1 is 1.20 bits per heavy atom. The summed E-state index contributed by atoms with van der Waals surface area (Å²) in [5.41, 5.74) is 0.676. The zero-order valence-corrected chi connectivity index (χ0v) is 12.1. The van der Waals surface area contributed by atoms with Crippen molar-refractivity contribution in [1.82, 2.24) is 5.32 Å². The summed E-state index contributed by atoms with van der Waals surface area (Å²) in [5.74, 6) is 0.626. The summed E-state index contributed by atoms with van der Waals surface area (Å²) in [5, 5.41) is 13.3. The number of nitrogens with one attached hydrogen (secondary N) is 1. The third-order valence-corrected chi connectivity index (χ3v) is 3.62. The van der Waals surface area contributed by atoms with Crippen LogP contribution in [-0.4, -0.2) is 24.3 Å². The number of aliphatic hydroxyl groups excluding tert-OH is 1. The molecule has 114 valence electrons. The Morgan fingerprint density at radius 3 is 2.30 bits per heavy atom. The van der Waals surface area contributed by atoms with Crippen LogP contribution in [0.25, 0.3) is 0 Å². The van der Waals surface area contributed by atoms with Gasteiger partial charge in [0.2, 0.25) is 0 Å². The first-order chi connectivity index (χ1) is 9.43. The van der Waals surface area contributed by atoms with Crippen LogP contribution < -0.4 is 10.1 Å². The van der Waals surface area contributed by atoms with Gasteiger partial charge in [0.05, 0.1) is 6.10 Å². The molecule has 0 heterocycles. The van der Waals surface area contributed by atoms with Gasteiger partial charge in [-0.25, -0.2) is 0 Å². The molecule has 5 heteroatoms. The molecule has 0 fully saturated rings. The van der Waals surface area contributed by atoms with E-state index in [0.29, 0.717) is 24.1 Å². The fraction of sp³-hybridized carbons (Fsp3) is 0.600. The number of rotatable bonds is 8. The van der Waals surface area contributed by atoms with Gasteiger partial charge < -0.3 is 15.2 Å². The van der Waals surface area contributed by atoms with Crippen LogP contribution in [0.5, 0.6) is 5.75 Å². The molecule has 1 aromatic carbocycles. The van der Waals surface area contributed by atoms with Crippen molar-refractivity contribution in [2.75, 3.05) is 6.54 Å². The van der Waals surface area contributed by atoms with Crippen molar-refractivity contribution >= 4 is 0 Å². The first-order valence-corrected chi connectivity index (χ1v) is 6.90. The van der Waals surface area contributed by atoms with Crippen LogP contribution >= 0.6 is 0 Å². The Hall–Kier alpha value is -1.20. The SMILES string of the molecule is CCC(C)C(C)NCC(O)c1ccc(OC(F)F)cc1. The molecule has 0 amide bonds. The number of alkyl halides is 2. The van der Waals surface area contributed by atoms with Crippen molar-refractivity contribution in [3.05, 3.63) is 29.8 Å². The van der Waals surface area contributed by atoms with Gasteiger partial charge in [0.15, 0.2) is 0 Å². The maximum absolute atomic E-state index is 12.0. The van der Waals surface area contributed by atoms with Gasteiger partial charge in [0, 0.05) is 12.6 Å². The van der Waals surface area contributed by atoms with Crippen molar-refractivity contribution in [3.8, 4) is 5.75 Å². The van der Waals surface area contributed by atoms with Gasteiger partial charge in [-0.15, -0.1) is 0 Å². The minimum atomic E-state index is -2.83. The van der Waals surface area contributed by atoms with Gasteiger partial charge in [-0.05, 0) is 30.5 Å². The van der Waals surface area contributed by atoms with Crippen molar-refractivity contribution < 1.29 is 18.6 Å². The quantitative estimate of drug-likeness (QED) is 0.770. The van der Waals surface area contributed by atoms with Gasteiger partial charge in [0.25, 0.3) is 0 Å².